The molecule has 28 heavy (non-hydrogen) atoms. The normalized spacial score (nSPS) is 18.8. The average molecular weight is 408 g/mol. The zero-order valence-electron chi connectivity index (χ0n) is 14.9. The minimum absolute atomic E-state index is 0.0790. The van der Waals surface area contributed by atoms with Crippen LogP contribution in [0.5, 0.6) is 5.75 Å². The number of amides is 2. The van der Waals surface area contributed by atoms with E-state index in [2.05, 4.69) is 0 Å². The van der Waals surface area contributed by atoms with Crippen molar-refractivity contribution >= 4 is 23.2 Å². The smallest absolute Gasteiger partial charge is 0.417 e. The van der Waals surface area contributed by atoms with Gasteiger partial charge in [0.05, 0.1) is 22.1 Å². The van der Waals surface area contributed by atoms with E-state index in [-0.39, 0.29) is 12.3 Å². The number of nitriles is 1. The van der Waals surface area contributed by atoms with Gasteiger partial charge in [0.15, 0.2) is 6.10 Å². The number of thiophene rings is 1. The molecule has 1 unspecified atom stereocenters. The number of ether oxygens (including phenoxy) is 1. The molecule has 0 saturated carbocycles. The predicted molar refractivity (Wildman–Crippen MR) is 94.7 cm³/mol. The maximum absolute atomic E-state index is 13.2. The molecule has 1 atom stereocenters. The Morgan fingerprint density at radius 3 is 2.64 bits per heavy atom. The molecule has 0 spiro atoms. The van der Waals surface area contributed by atoms with E-state index in [0.29, 0.717) is 10.9 Å². The second-order valence-electron chi connectivity index (χ2n) is 7.01. The van der Waals surface area contributed by atoms with Crippen LogP contribution in [0.15, 0.2) is 35.7 Å². The highest BCUT2D eigenvalue weighted by Gasteiger charge is 2.50. The van der Waals surface area contributed by atoms with E-state index in [1.54, 1.807) is 31.4 Å². The van der Waals surface area contributed by atoms with Gasteiger partial charge in [-0.1, -0.05) is 19.9 Å². The zero-order valence-corrected chi connectivity index (χ0v) is 15.7. The fraction of sp³-hybridized carbons (Fsp3) is 0.316. The summed E-state index contributed by atoms with van der Waals surface area (Å²) in [5, 5.41) is 10.6. The van der Waals surface area contributed by atoms with E-state index in [1.165, 1.54) is 23.5 Å². The zero-order chi connectivity index (χ0) is 20.7. The minimum atomic E-state index is -4.74. The molecule has 3 rings (SSSR count). The molecule has 2 amide bonds. The molecule has 1 fully saturated rings. The molecule has 0 bridgehead atoms. The Morgan fingerprint density at radius 2 is 2.07 bits per heavy atom. The number of benzene rings is 1. The van der Waals surface area contributed by atoms with Gasteiger partial charge in [0, 0.05) is 12.0 Å². The van der Waals surface area contributed by atoms with E-state index < -0.39 is 40.6 Å². The molecular weight excluding hydrogens is 393 g/mol. The SMILES string of the molecule is CC1(C)CN(C(=O)c2cccs2)C(=O)C1Oc1ccc(C#N)c(C(F)(F)F)c1. The summed E-state index contributed by atoms with van der Waals surface area (Å²) in [6.07, 6.45) is -5.87. The van der Waals surface area contributed by atoms with Gasteiger partial charge in [-0.05, 0) is 29.6 Å². The Morgan fingerprint density at radius 1 is 1.36 bits per heavy atom. The van der Waals surface area contributed by atoms with Gasteiger partial charge in [-0.15, -0.1) is 11.3 Å². The fourth-order valence-corrected chi connectivity index (χ4v) is 3.70. The first-order valence-corrected chi connectivity index (χ1v) is 9.10. The highest BCUT2D eigenvalue weighted by Crippen LogP contribution is 2.38. The minimum Gasteiger partial charge on any atom is -0.480 e. The lowest BCUT2D eigenvalue weighted by molar-refractivity contribution is -0.137. The van der Waals surface area contributed by atoms with Gasteiger partial charge < -0.3 is 4.74 Å². The number of halogens is 3. The number of rotatable bonds is 3. The van der Waals surface area contributed by atoms with Crippen LogP contribution in [0.2, 0.25) is 0 Å². The lowest BCUT2D eigenvalue weighted by Crippen LogP contribution is -2.38. The first-order valence-electron chi connectivity index (χ1n) is 8.22. The van der Waals surface area contributed by atoms with Gasteiger partial charge in [-0.3, -0.25) is 14.5 Å². The van der Waals surface area contributed by atoms with E-state index in [1.807, 2.05) is 0 Å². The second-order valence-corrected chi connectivity index (χ2v) is 7.96. The van der Waals surface area contributed by atoms with Crippen molar-refractivity contribution in [3.8, 4) is 11.8 Å². The number of nitrogens with zero attached hydrogens (tertiary/aromatic N) is 2. The molecule has 9 heteroatoms. The fourth-order valence-electron chi connectivity index (χ4n) is 3.02. The molecule has 0 radical (unpaired) electrons. The Hall–Kier alpha value is -2.86. The molecule has 2 heterocycles. The molecule has 2 aromatic rings. The third kappa shape index (κ3) is 3.60. The van der Waals surface area contributed by atoms with Crippen LogP contribution < -0.4 is 4.74 Å². The van der Waals surface area contributed by atoms with E-state index in [4.69, 9.17) is 10.00 Å². The Bertz CT molecular complexity index is 962. The van der Waals surface area contributed by atoms with Crippen LogP contribution in [0.4, 0.5) is 13.2 Å². The quantitative estimate of drug-likeness (QED) is 0.717. The lowest BCUT2D eigenvalue weighted by Gasteiger charge is -2.24. The van der Waals surface area contributed by atoms with Crippen molar-refractivity contribution in [3.63, 3.8) is 0 Å². The molecule has 1 aliphatic rings. The summed E-state index contributed by atoms with van der Waals surface area (Å²) in [5.74, 6) is -1.26. The van der Waals surface area contributed by atoms with Crippen LogP contribution in [0.1, 0.15) is 34.6 Å². The molecule has 0 aliphatic carbocycles. The summed E-state index contributed by atoms with van der Waals surface area (Å²) >= 11 is 1.19. The van der Waals surface area contributed by atoms with Gasteiger partial charge in [0.25, 0.3) is 11.8 Å². The maximum atomic E-state index is 13.2. The Kier molecular flexibility index (Phi) is 4.93. The van der Waals surface area contributed by atoms with Crippen molar-refractivity contribution in [2.24, 2.45) is 5.41 Å². The van der Waals surface area contributed by atoms with Crippen LogP contribution in [-0.2, 0) is 11.0 Å². The van der Waals surface area contributed by atoms with Gasteiger partial charge in [-0.2, -0.15) is 18.4 Å². The topological polar surface area (TPSA) is 70.4 Å². The van der Waals surface area contributed by atoms with Crippen molar-refractivity contribution in [2.75, 3.05) is 6.54 Å². The highest BCUT2D eigenvalue weighted by molar-refractivity contribution is 7.12. The third-order valence-electron chi connectivity index (χ3n) is 4.41. The van der Waals surface area contributed by atoms with Crippen molar-refractivity contribution in [1.29, 1.82) is 5.26 Å². The predicted octanol–water partition coefficient (Wildman–Crippen LogP) is 4.09. The van der Waals surface area contributed by atoms with Crippen LogP contribution in [-0.4, -0.2) is 29.4 Å². The summed E-state index contributed by atoms with van der Waals surface area (Å²) in [6, 6.07) is 7.68. The molecule has 1 aromatic carbocycles. The molecular formula is C19H15F3N2O3S. The van der Waals surface area contributed by atoms with Gasteiger partial charge >= 0.3 is 6.18 Å². The second kappa shape index (κ2) is 6.95. The molecule has 1 aromatic heterocycles. The van der Waals surface area contributed by atoms with Crippen molar-refractivity contribution < 1.29 is 27.5 Å². The average Bonchev–Trinajstić information content (AvgIpc) is 3.23. The number of hydrogen-bond acceptors (Lipinski definition) is 5. The summed E-state index contributed by atoms with van der Waals surface area (Å²) in [7, 11) is 0. The Labute approximate surface area is 162 Å². The van der Waals surface area contributed by atoms with E-state index >= 15 is 0 Å². The van der Waals surface area contributed by atoms with Crippen molar-refractivity contribution in [3.05, 3.63) is 51.7 Å². The van der Waals surface area contributed by atoms with Gasteiger partial charge in [-0.25, -0.2) is 0 Å². The van der Waals surface area contributed by atoms with Gasteiger partial charge in [0.1, 0.15) is 5.75 Å². The largest absolute Gasteiger partial charge is 0.480 e. The molecule has 5 nitrogen and oxygen atoms in total. The van der Waals surface area contributed by atoms with Crippen LogP contribution in [0.3, 0.4) is 0 Å². The third-order valence-corrected chi connectivity index (χ3v) is 5.27. The van der Waals surface area contributed by atoms with Crippen LogP contribution >= 0.6 is 11.3 Å². The number of carbonyl (C=O) groups is 2. The summed E-state index contributed by atoms with van der Waals surface area (Å²) in [6.45, 7) is 3.48. The van der Waals surface area contributed by atoms with Gasteiger partial charge in [0.2, 0.25) is 0 Å². The molecule has 1 saturated heterocycles. The monoisotopic (exact) mass is 408 g/mol. The molecule has 1 aliphatic heterocycles. The highest BCUT2D eigenvalue weighted by atomic mass is 32.1. The first-order chi connectivity index (χ1) is 13.0. The number of likely N-dealkylation sites (tertiary alicyclic amines) is 1. The number of hydrogen-bond donors (Lipinski definition) is 0. The maximum Gasteiger partial charge on any atom is 0.417 e. The molecule has 0 N–H and O–H groups in total. The summed E-state index contributed by atoms with van der Waals surface area (Å²) in [4.78, 5) is 26.8. The summed E-state index contributed by atoms with van der Waals surface area (Å²) in [5.41, 5.74) is -2.48. The lowest BCUT2D eigenvalue weighted by atomic mass is 9.89. The number of carbonyl (C=O) groups excluding carboxylic acids is 2. The standard InChI is InChI=1S/C19H15F3N2O3S/c1-18(2)10-24(16(25)14-4-3-7-28-14)17(26)15(18)27-12-6-5-11(9-23)13(8-12)19(20,21)22/h3-8,15H,10H2,1-2H3. The van der Waals surface area contributed by atoms with E-state index in [9.17, 15) is 22.8 Å². The summed E-state index contributed by atoms with van der Waals surface area (Å²) < 4.78 is 45.1. The molecule has 146 valence electrons. The first kappa shape index (κ1) is 19.9. The number of imide groups is 1. The van der Waals surface area contributed by atoms with Crippen LogP contribution in [0.25, 0.3) is 0 Å². The Balaban J connectivity index is 1.89. The van der Waals surface area contributed by atoms with E-state index in [0.717, 1.165) is 11.0 Å². The number of alkyl halides is 3. The van der Waals surface area contributed by atoms with Crippen molar-refractivity contribution in [2.45, 2.75) is 26.1 Å². The van der Waals surface area contributed by atoms with Crippen molar-refractivity contribution in [1.82, 2.24) is 4.90 Å². The van der Waals surface area contributed by atoms with Crippen LogP contribution in [0, 0.1) is 16.7 Å².